The summed E-state index contributed by atoms with van der Waals surface area (Å²) in [5.74, 6) is 1.95. The summed E-state index contributed by atoms with van der Waals surface area (Å²) in [6.07, 6.45) is 9.86. The van der Waals surface area contributed by atoms with Crippen molar-refractivity contribution in [3.63, 3.8) is 0 Å². The first kappa shape index (κ1) is 14.9. The topological polar surface area (TPSA) is 79.4 Å². The molecule has 6 nitrogen and oxygen atoms in total. The molecule has 7 heteroatoms. The third kappa shape index (κ3) is 2.92. The summed E-state index contributed by atoms with van der Waals surface area (Å²) in [6, 6.07) is 2.38. The zero-order valence-corrected chi connectivity index (χ0v) is 13.3. The smallest absolute Gasteiger partial charge is 0.133 e. The van der Waals surface area contributed by atoms with Crippen molar-refractivity contribution in [2.45, 2.75) is 25.3 Å². The van der Waals surface area contributed by atoms with Crippen LogP contribution in [0.1, 0.15) is 24.4 Å². The van der Waals surface area contributed by atoms with Gasteiger partial charge in [0.1, 0.15) is 12.1 Å². The van der Waals surface area contributed by atoms with E-state index in [0.717, 1.165) is 47.8 Å². The zero-order chi connectivity index (χ0) is 15.4. The lowest BCUT2D eigenvalue weighted by Crippen LogP contribution is -2.10. The molecule has 22 heavy (non-hydrogen) atoms. The van der Waals surface area contributed by atoms with Crippen molar-refractivity contribution in [1.29, 1.82) is 5.26 Å². The number of fused-ring (bicyclic) bond motifs is 1. The Morgan fingerprint density at radius 3 is 3.23 bits per heavy atom. The van der Waals surface area contributed by atoms with Crippen LogP contribution in [0.25, 0.3) is 11.3 Å². The normalized spacial score (nSPS) is 14.2. The van der Waals surface area contributed by atoms with Crippen molar-refractivity contribution in [1.82, 2.24) is 19.7 Å². The SMILES string of the molecule is CSCCC(CC#N)n1cc(-c2ncnc3c2CCN3)cn1. The molecule has 0 saturated carbocycles. The average Bonchev–Trinajstić information content (AvgIpc) is 3.19. The van der Waals surface area contributed by atoms with Gasteiger partial charge in [-0.25, -0.2) is 9.97 Å². The summed E-state index contributed by atoms with van der Waals surface area (Å²) < 4.78 is 1.91. The number of hydrogen-bond acceptors (Lipinski definition) is 6. The van der Waals surface area contributed by atoms with Gasteiger partial charge in [0, 0.05) is 23.9 Å². The monoisotopic (exact) mass is 314 g/mol. The van der Waals surface area contributed by atoms with Gasteiger partial charge in [0.25, 0.3) is 0 Å². The molecule has 1 aliphatic rings. The van der Waals surface area contributed by atoms with Crippen molar-refractivity contribution in [3.05, 3.63) is 24.3 Å². The lowest BCUT2D eigenvalue weighted by molar-refractivity contribution is 0.451. The van der Waals surface area contributed by atoms with E-state index in [1.54, 1.807) is 18.1 Å². The number of nitrogens with zero attached hydrogens (tertiary/aromatic N) is 5. The molecule has 0 amide bonds. The number of thioether (sulfide) groups is 1. The maximum absolute atomic E-state index is 9.02. The van der Waals surface area contributed by atoms with Crippen molar-refractivity contribution in [2.75, 3.05) is 23.9 Å². The zero-order valence-electron chi connectivity index (χ0n) is 12.5. The van der Waals surface area contributed by atoms with Crippen LogP contribution in [0.2, 0.25) is 0 Å². The van der Waals surface area contributed by atoms with E-state index in [0.29, 0.717) is 6.42 Å². The Morgan fingerprint density at radius 2 is 2.41 bits per heavy atom. The Kier molecular flexibility index (Phi) is 4.59. The minimum atomic E-state index is 0.124. The highest BCUT2D eigenvalue weighted by Gasteiger charge is 2.19. The second-order valence-electron chi connectivity index (χ2n) is 5.23. The number of nitriles is 1. The lowest BCUT2D eigenvalue weighted by atomic mass is 10.1. The molecule has 0 bridgehead atoms. The molecule has 114 valence electrons. The van der Waals surface area contributed by atoms with E-state index in [9.17, 15) is 0 Å². The van der Waals surface area contributed by atoms with Gasteiger partial charge in [0.05, 0.1) is 30.4 Å². The minimum absolute atomic E-state index is 0.124. The van der Waals surface area contributed by atoms with E-state index in [1.165, 1.54) is 0 Å². The van der Waals surface area contributed by atoms with Crippen molar-refractivity contribution < 1.29 is 0 Å². The molecule has 2 aromatic rings. The molecule has 0 radical (unpaired) electrons. The van der Waals surface area contributed by atoms with Crippen LogP contribution in [0.3, 0.4) is 0 Å². The largest absolute Gasteiger partial charge is 0.369 e. The number of rotatable bonds is 6. The van der Waals surface area contributed by atoms with Crippen LogP contribution in [0.5, 0.6) is 0 Å². The molecule has 3 heterocycles. The standard InChI is InChI=1S/C15H18N6S/c1-22-7-4-12(2-5-16)21-9-11(8-20-21)14-13-3-6-17-15(13)19-10-18-14/h8-10,12H,2-4,6-7H2,1H3,(H,17,18,19). The molecule has 1 unspecified atom stereocenters. The van der Waals surface area contributed by atoms with E-state index in [2.05, 4.69) is 32.7 Å². The molecular weight excluding hydrogens is 296 g/mol. The van der Waals surface area contributed by atoms with Gasteiger partial charge in [-0.15, -0.1) is 0 Å². The number of aromatic nitrogens is 4. The summed E-state index contributed by atoms with van der Waals surface area (Å²) in [7, 11) is 0. The third-order valence-corrected chi connectivity index (χ3v) is 4.49. The fourth-order valence-electron chi connectivity index (χ4n) is 2.70. The molecule has 0 aliphatic carbocycles. The van der Waals surface area contributed by atoms with Crippen molar-refractivity contribution >= 4 is 17.6 Å². The van der Waals surface area contributed by atoms with E-state index in [-0.39, 0.29) is 6.04 Å². The number of nitrogens with one attached hydrogen (secondary N) is 1. The van der Waals surface area contributed by atoms with Gasteiger partial charge >= 0.3 is 0 Å². The maximum Gasteiger partial charge on any atom is 0.133 e. The van der Waals surface area contributed by atoms with Crippen LogP contribution < -0.4 is 5.32 Å². The second-order valence-corrected chi connectivity index (χ2v) is 6.22. The highest BCUT2D eigenvalue weighted by Crippen LogP contribution is 2.30. The van der Waals surface area contributed by atoms with Gasteiger partial charge in [-0.1, -0.05) is 0 Å². The first-order valence-electron chi connectivity index (χ1n) is 7.31. The van der Waals surface area contributed by atoms with Crippen LogP contribution in [0, 0.1) is 11.3 Å². The highest BCUT2D eigenvalue weighted by molar-refractivity contribution is 7.98. The first-order valence-corrected chi connectivity index (χ1v) is 8.71. The van der Waals surface area contributed by atoms with Crippen molar-refractivity contribution in [3.8, 4) is 17.3 Å². The minimum Gasteiger partial charge on any atom is -0.369 e. The molecule has 1 atom stereocenters. The Hall–Kier alpha value is -2.07. The quantitative estimate of drug-likeness (QED) is 0.882. The van der Waals surface area contributed by atoms with Gasteiger partial charge < -0.3 is 5.32 Å². The Labute approximate surface area is 134 Å². The van der Waals surface area contributed by atoms with Gasteiger partial charge in [0.2, 0.25) is 0 Å². The van der Waals surface area contributed by atoms with Gasteiger partial charge in [-0.05, 0) is 24.9 Å². The van der Waals surface area contributed by atoms with Gasteiger partial charge in [0.15, 0.2) is 0 Å². The third-order valence-electron chi connectivity index (χ3n) is 3.84. The van der Waals surface area contributed by atoms with E-state index in [4.69, 9.17) is 5.26 Å². The average molecular weight is 314 g/mol. The van der Waals surface area contributed by atoms with E-state index >= 15 is 0 Å². The molecule has 0 fully saturated rings. The Morgan fingerprint density at radius 1 is 1.50 bits per heavy atom. The highest BCUT2D eigenvalue weighted by atomic mass is 32.2. The molecule has 3 rings (SSSR count). The van der Waals surface area contributed by atoms with Gasteiger partial charge in [-0.2, -0.15) is 22.1 Å². The summed E-state index contributed by atoms with van der Waals surface area (Å²) in [4.78, 5) is 8.69. The Balaban J connectivity index is 1.87. The number of anilines is 1. The van der Waals surface area contributed by atoms with E-state index < -0.39 is 0 Å². The van der Waals surface area contributed by atoms with Crippen LogP contribution in [-0.2, 0) is 6.42 Å². The van der Waals surface area contributed by atoms with Crippen LogP contribution in [0.4, 0.5) is 5.82 Å². The predicted molar refractivity (Wildman–Crippen MR) is 87.7 cm³/mol. The molecule has 1 aliphatic heterocycles. The molecule has 0 aromatic carbocycles. The van der Waals surface area contributed by atoms with Crippen LogP contribution in [0.15, 0.2) is 18.7 Å². The first-order chi connectivity index (χ1) is 10.8. The van der Waals surface area contributed by atoms with Crippen molar-refractivity contribution in [2.24, 2.45) is 0 Å². The summed E-state index contributed by atoms with van der Waals surface area (Å²) in [5.41, 5.74) is 3.10. The predicted octanol–water partition coefficient (Wildman–Crippen LogP) is 2.52. The number of hydrogen-bond donors (Lipinski definition) is 1. The van der Waals surface area contributed by atoms with Gasteiger partial charge in [-0.3, -0.25) is 4.68 Å². The molecule has 0 spiro atoms. The Bertz CT molecular complexity index is 690. The van der Waals surface area contributed by atoms with Crippen LogP contribution in [-0.4, -0.2) is 38.3 Å². The molecule has 1 N–H and O–H groups in total. The maximum atomic E-state index is 9.02. The summed E-state index contributed by atoms with van der Waals surface area (Å²) in [5, 5.41) is 16.8. The summed E-state index contributed by atoms with van der Waals surface area (Å²) in [6.45, 7) is 0.903. The fraction of sp³-hybridized carbons (Fsp3) is 0.467. The van der Waals surface area contributed by atoms with Crippen LogP contribution >= 0.6 is 11.8 Å². The summed E-state index contributed by atoms with van der Waals surface area (Å²) >= 11 is 1.79. The van der Waals surface area contributed by atoms with E-state index in [1.807, 2.05) is 17.1 Å². The molecular formula is C15H18N6S. The fourth-order valence-corrected chi connectivity index (χ4v) is 3.21. The molecule has 0 saturated heterocycles. The second kappa shape index (κ2) is 6.79. The molecule has 2 aromatic heterocycles. The lowest BCUT2D eigenvalue weighted by Gasteiger charge is -2.13.